The summed E-state index contributed by atoms with van der Waals surface area (Å²) in [5.74, 6) is 0.795. The number of hydrogen-bond donors (Lipinski definition) is 1. The van der Waals surface area contributed by atoms with Crippen molar-refractivity contribution in [3.8, 4) is 5.75 Å². The van der Waals surface area contributed by atoms with E-state index in [-0.39, 0.29) is 0 Å². The van der Waals surface area contributed by atoms with Crippen LogP contribution in [-0.2, 0) is 0 Å². The van der Waals surface area contributed by atoms with E-state index >= 15 is 0 Å². The van der Waals surface area contributed by atoms with Crippen molar-refractivity contribution < 1.29 is 4.74 Å². The minimum atomic E-state index is 0.595. The summed E-state index contributed by atoms with van der Waals surface area (Å²) in [7, 11) is 1.63. The molecule has 0 spiro atoms. The first-order valence-electron chi connectivity index (χ1n) is 4.16. The van der Waals surface area contributed by atoms with E-state index in [2.05, 4.69) is 11.6 Å². The Morgan fingerprint density at radius 1 is 1.69 bits per heavy atom. The second kappa shape index (κ2) is 4.62. The Labute approximate surface area is 78.2 Å². The monoisotopic (exact) mass is 178 g/mol. The second-order valence-corrected chi connectivity index (χ2v) is 2.72. The Morgan fingerprint density at radius 2 is 2.46 bits per heavy atom. The summed E-state index contributed by atoms with van der Waals surface area (Å²) >= 11 is 0. The van der Waals surface area contributed by atoms with Gasteiger partial charge in [-0.1, -0.05) is 6.58 Å². The molecule has 1 rings (SSSR count). The van der Waals surface area contributed by atoms with Crippen molar-refractivity contribution in [2.75, 3.05) is 13.7 Å². The van der Waals surface area contributed by atoms with Crippen LogP contribution in [0, 0.1) is 0 Å². The van der Waals surface area contributed by atoms with Crippen molar-refractivity contribution in [3.63, 3.8) is 0 Å². The summed E-state index contributed by atoms with van der Waals surface area (Å²) in [6.45, 7) is 4.49. The number of methoxy groups -OCH3 is 1. The maximum atomic E-state index is 5.42. The number of hydrogen-bond acceptors (Lipinski definition) is 3. The molecule has 0 amide bonds. The van der Waals surface area contributed by atoms with Gasteiger partial charge in [-0.25, -0.2) is 0 Å². The van der Waals surface area contributed by atoms with Crippen LogP contribution in [0.5, 0.6) is 5.75 Å². The molecule has 0 radical (unpaired) electrons. The molecule has 0 aliphatic rings. The summed E-state index contributed by atoms with van der Waals surface area (Å²) in [5.41, 5.74) is 7.21. The molecule has 0 atom stereocenters. The summed E-state index contributed by atoms with van der Waals surface area (Å²) in [6.07, 6.45) is 2.47. The van der Waals surface area contributed by atoms with Crippen LogP contribution < -0.4 is 10.5 Å². The Bertz CT molecular complexity index is 297. The van der Waals surface area contributed by atoms with Crippen LogP contribution in [0.15, 0.2) is 24.9 Å². The van der Waals surface area contributed by atoms with Crippen LogP contribution in [-0.4, -0.2) is 18.6 Å². The first-order chi connectivity index (χ1) is 6.27. The minimum absolute atomic E-state index is 0.595. The predicted octanol–water partition coefficient (Wildman–Crippen LogP) is 1.45. The molecule has 0 aliphatic heterocycles. The predicted molar refractivity (Wildman–Crippen MR) is 53.5 cm³/mol. The van der Waals surface area contributed by atoms with Crippen molar-refractivity contribution >= 4 is 5.57 Å². The third-order valence-electron chi connectivity index (χ3n) is 1.78. The molecule has 2 N–H and O–H groups in total. The van der Waals surface area contributed by atoms with Crippen molar-refractivity contribution in [3.05, 3.63) is 30.6 Å². The maximum Gasteiger partial charge on any atom is 0.122 e. The molecule has 3 nitrogen and oxygen atoms in total. The van der Waals surface area contributed by atoms with Gasteiger partial charge in [0.25, 0.3) is 0 Å². The standard InChI is InChI=1S/C10H14N2O/c1-8(3-5-11)10-7-9(13-2)4-6-12-10/h4,6-7H,1,3,5,11H2,2H3. The molecular weight excluding hydrogens is 164 g/mol. The molecule has 0 aromatic carbocycles. The van der Waals surface area contributed by atoms with Gasteiger partial charge in [0.2, 0.25) is 0 Å². The average molecular weight is 178 g/mol. The summed E-state index contributed by atoms with van der Waals surface area (Å²) in [5, 5.41) is 0. The van der Waals surface area contributed by atoms with E-state index in [0.717, 1.165) is 23.4 Å². The zero-order valence-corrected chi connectivity index (χ0v) is 7.79. The van der Waals surface area contributed by atoms with Gasteiger partial charge < -0.3 is 10.5 Å². The van der Waals surface area contributed by atoms with E-state index in [1.807, 2.05) is 6.07 Å². The van der Waals surface area contributed by atoms with Gasteiger partial charge in [0, 0.05) is 12.3 Å². The lowest BCUT2D eigenvalue weighted by atomic mass is 10.1. The molecule has 0 fully saturated rings. The van der Waals surface area contributed by atoms with E-state index < -0.39 is 0 Å². The first kappa shape index (κ1) is 9.74. The average Bonchev–Trinajstić information content (AvgIpc) is 2.18. The van der Waals surface area contributed by atoms with Crippen molar-refractivity contribution in [1.29, 1.82) is 0 Å². The molecule has 0 saturated carbocycles. The Morgan fingerprint density at radius 3 is 3.08 bits per heavy atom. The Hall–Kier alpha value is -1.35. The molecule has 1 aromatic rings. The highest BCUT2D eigenvalue weighted by Crippen LogP contribution is 2.17. The van der Waals surface area contributed by atoms with E-state index in [9.17, 15) is 0 Å². The lowest BCUT2D eigenvalue weighted by Gasteiger charge is -2.04. The molecule has 0 aliphatic carbocycles. The number of ether oxygens (including phenoxy) is 1. The third kappa shape index (κ3) is 2.56. The molecule has 70 valence electrons. The van der Waals surface area contributed by atoms with Crippen LogP contribution >= 0.6 is 0 Å². The molecule has 13 heavy (non-hydrogen) atoms. The van der Waals surface area contributed by atoms with Gasteiger partial charge in [-0.2, -0.15) is 0 Å². The lowest BCUT2D eigenvalue weighted by molar-refractivity contribution is 0.414. The van der Waals surface area contributed by atoms with Gasteiger partial charge in [-0.05, 0) is 24.6 Å². The molecule has 0 bridgehead atoms. The van der Waals surface area contributed by atoms with Crippen LogP contribution in [0.1, 0.15) is 12.1 Å². The van der Waals surface area contributed by atoms with Gasteiger partial charge in [0.05, 0.1) is 12.8 Å². The zero-order valence-electron chi connectivity index (χ0n) is 7.79. The SMILES string of the molecule is C=C(CCN)c1cc(OC)ccn1. The fourth-order valence-corrected chi connectivity index (χ4v) is 1.03. The summed E-state index contributed by atoms with van der Waals surface area (Å²) < 4.78 is 5.07. The maximum absolute atomic E-state index is 5.42. The molecule has 0 saturated heterocycles. The van der Waals surface area contributed by atoms with Gasteiger partial charge in [0.1, 0.15) is 5.75 Å². The van der Waals surface area contributed by atoms with E-state index in [1.165, 1.54) is 0 Å². The fraction of sp³-hybridized carbons (Fsp3) is 0.300. The molecule has 1 aromatic heterocycles. The molecular formula is C10H14N2O. The lowest BCUT2D eigenvalue weighted by Crippen LogP contribution is -2.00. The summed E-state index contributed by atoms with van der Waals surface area (Å²) in [6, 6.07) is 3.66. The van der Waals surface area contributed by atoms with Crippen molar-refractivity contribution in [2.45, 2.75) is 6.42 Å². The van der Waals surface area contributed by atoms with Crippen molar-refractivity contribution in [1.82, 2.24) is 4.98 Å². The largest absolute Gasteiger partial charge is 0.497 e. The van der Waals surface area contributed by atoms with Crippen LogP contribution in [0.3, 0.4) is 0 Å². The van der Waals surface area contributed by atoms with Crippen LogP contribution in [0.25, 0.3) is 5.57 Å². The minimum Gasteiger partial charge on any atom is -0.497 e. The number of rotatable bonds is 4. The smallest absolute Gasteiger partial charge is 0.122 e. The second-order valence-electron chi connectivity index (χ2n) is 2.72. The zero-order chi connectivity index (χ0) is 9.68. The highest BCUT2D eigenvalue weighted by molar-refractivity contribution is 5.61. The van der Waals surface area contributed by atoms with E-state index in [0.29, 0.717) is 6.54 Å². The summed E-state index contributed by atoms with van der Waals surface area (Å²) in [4.78, 5) is 4.17. The Kier molecular flexibility index (Phi) is 3.46. The van der Waals surface area contributed by atoms with Gasteiger partial charge >= 0.3 is 0 Å². The van der Waals surface area contributed by atoms with E-state index in [4.69, 9.17) is 10.5 Å². The third-order valence-corrected chi connectivity index (χ3v) is 1.78. The van der Waals surface area contributed by atoms with Gasteiger partial charge in [-0.15, -0.1) is 0 Å². The topological polar surface area (TPSA) is 48.1 Å². The van der Waals surface area contributed by atoms with E-state index in [1.54, 1.807) is 19.4 Å². The highest BCUT2D eigenvalue weighted by atomic mass is 16.5. The molecule has 1 heterocycles. The number of pyridine rings is 1. The number of aromatic nitrogens is 1. The first-order valence-corrected chi connectivity index (χ1v) is 4.16. The van der Waals surface area contributed by atoms with Crippen molar-refractivity contribution in [2.24, 2.45) is 5.73 Å². The van der Waals surface area contributed by atoms with Crippen LogP contribution in [0.2, 0.25) is 0 Å². The van der Waals surface area contributed by atoms with Crippen LogP contribution in [0.4, 0.5) is 0 Å². The molecule has 3 heteroatoms. The molecule has 0 unspecified atom stereocenters. The fourth-order valence-electron chi connectivity index (χ4n) is 1.03. The highest BCUT2D eigenvalue weighted by Gasteiger charge is 2.00. The number of nitrogens with zero attached hydrogens (tertiary/aromatic N) is 1. The van der Waals surface area contributed by atoms with Gasteiger partial charge in [-0.3, -0.25) is 4.98 Å². The Balaban J connectivity index is 2.82. The quantitative estimate of drug-likeness (QED) is 0.759. The van der Waals surface area contributed by atoms with Gasteiger partial charge in [0.15, 0.2) is 0 Å². The number of nitrogens with two attached hydrogens (primary N) is 1. The normalized spacial score (nSPS) is 9.69.